The summed E-state index contributed by atoms with van der Waals surface area (Å²) in [6.07, 6.45) is -3.21. The molecule has 0 fully saturated rings. The van der Waals surface area contributed by atoms with E-state index < -0.39 is 29.2 Å². The molecule has 0 radical (unpaired) electrons. The quantitative estimate of drug-likeness (QED) is 0.288. The third kappa shape index (κ3) is 5.47. The molecular formula is C27H25F3N4O3. The molecule has 0 atom stereocenters. The van der Waals surface area contributed by atoms with Crippen LogP contribution in [0.25, 0.3) is 22.4 Å². The van der Waals surface area contributed by atoms with Gasteiger partial charge in [0.05, 0.1) is 28.3 Å². The van der Waals surface area contributed by atoms with Crippen LogP contribution in [0.15, 0.2) is 48.7 Å². The van der Waals surface area contributed by atoms with E-state index in [2.05, 4.69) is 20.3 Å². The standard InChI is InChI=1S/C27H25F3N4O3/c1-14-9-16(12-26(3,4)25(36)37)10-15(2)22(14)23-33-19-7-5-17(11-20(19)34-23)24(35)32-18-6-8-21(31-13-18)27(28,29)30/h5-11,13H,12H2,1-4H3,(H,32,35)(H,33,34)(H,36,37). The minimum atomic E-state index is -4.56. The van der Waals surface area contributed by atoms with E-state index in [1.165, 1.54) is 0 Å². The topological polar surface area (TPSA) is 108 Å². The molecule has 10 heteroatoms. The number of H-pyrrole nitrogens is 1. The van der Waals surface area contributed by atoms with Crippen LogP contribution in [0, 0.1) is 19.3 Å². The van der Waals surface area contributed by atoms with Gasteiger partial charge in [-0.25, -0.2) is 9.97 Å². The van der Waals surface area contributed by atoms with E-state index in [0.717, 1.165) is 40.6 Å². The summed E-state index contributed by atoms with van der Waals surface area (Å²) in [4.78, 5) is 35.5. The molecule has 2 aromatic carbocycles. The second kappa shape index (κ2) is 9.34. The van der Waals surface area contributed by atoms with E-state index in [1.807, 2.05) is 26.0 Å². The molecule has 0 bridgehead atoms. The number of carbonyl (C=O) groups is 2. The highest BCUT2D eigenvalue weighted by molar-refractivity contribution is 6.06. The van der Waals surface area contributed by atoms with Gasteiger partial charge in [-0.3, -0.25) is 9.59 Å². The van der Waals surface area contributed by atoms with Crippen molar-refractivity contribution >= 4 is 28.6 Å². The summed E-state index contributed by atoms with van der Waals surface area (Å²) in [5, 5.41) is 12.0. The lowest BCUT2D eigenvalue weighted by atomic mass is 9.84. The summed E-state index contributed by atoms with van der Waals surface area (Å²) >= 11 is 0. The number of pyridine rings is 1. The molecule has 0 aliphatic heterocycles. The fraction of sp³-hybridized carbons (Fsp3) is 0.259. The van der Waals surface area contributed by atoms with Crippen molar-refractivity contribution in [3.8, 4) is 11.4 Å². The molecule has 37 heavy (non-hydrogen) atoms. The lowest BCUT2D eigenvalue weighted by molar-refractivity contribution is -0.146. The Morgan fingerprint density at radius 2 is 1.70 bits per heavy atom. The molecule has 7 nitrogen and oxygen atoms in total. The average Bonchev–Trinajstić information content (AvgIpc) is 3.20. The largest absolute Gasteiger partial charge is 0.481 e. The van der Waals surface area contributed by atoms with Crippen LogP contribution in [0.4, 0.5) is 18.9 Å². The molecule has 1 amide bonds. The van der Waals surface area contributed by atoms with Crippen LogP contribution in [-0.2, 0) is 17.4 Å². The predicted molar refractivity (Wildman–Crippen MR) is 133 cm³/mol. The Hall–Kier alpha value is -4.21. The van der Waals surface area contributed by atoms with Gasteiger partial charge in [-0.15, -0.1) is 0 Å². The third-order valence-corrected chi connectivity index (χ3v) is 6.11. The van der Waals surface area contributed by atoms with Crippen molar-refractivity contribution < 1.29 is 27.9 Å². The van der Waals surface area contributed by atoms with Crippen molar-refractivity contribution in [3.05, 3.63) is 76.6 Å². The van der Waals surface area contributed by atoms with E-state index in [0.29, 0.717) is 23.3 Å². The first-order valence-corrected chi connectivity index (χ1v) is 11.4. The van der Waals surface area contributed by atoms with E-state index in [1.54, 1.807) is 32.0 Å². The van der Waals surface area contributed by atoms with Crippen molar-refractivity contribution in [2.75, 3.05) is 5.32 Å². The summed E-state index contributed by atoms with van der Waals surface area (Å²) in [6.45, 7) is 7.25. The molecule has 0 aliphatic carbocycles. The zero-order valence-electron chi connectivity index (χ0n) is 20.6. The monoisotopic (exact) mass is 510 g/mol. The molecule has 4 rings (SSSR count). The summed E-state index contributed by atoms with van der Waals surface area (Å²) in [7, 11) is 0. The lowest BCUT2D eigenvalue weighted by Gasteiger charge is -2.20. The minimum absolute atomic E-state index is 0.137. The Bertz CT molecular complexity index is 1480. The number of aryl methyl sites for hydroxylation is 2. The van der Waals surface area contributed by atoms with Gasteiger partial charge in [0.25, 0.3) is 5.91 Å². The maximum atomic E-state index is 12.7. The number of nitrogens with one attached hydrogen (secondary N) is 2. The van der Waals surface area contributed by atoms with Crippen LogP contribution in [0.1, 0.15) is 46.6 Å². The van der Waals surface area contributed by atoms with Crippen LogP contribution in [0.3, 0.4) is 0 Å². The van der Waals surface area contributed by atoms with Crippen molar-refractivity contribution in [1.29, 1.82) is 0 Å². The summed E-state index contributed by atoms with van der Waals surface area (Å²) in [5.74, 6) is -0.761. The number of hydrogen-bond acceptors (Lipinski definition) is 4. The summed E-state index contributed by atoms with van der Waals surface area (Å²) in [6, 6.07) is 10.8. The number of halogens is 3. The number of aromatic nitrogens is 3. The van der Waals surface area contributed by atoms with Crippen molar-refractivity contribution in [1.82, 2.24) is 15.0 Å². The number of imidazole rings is 1. The number of carboxylic acids is 1. The van der Waals surface area contributed by atoms with Crippen LogP contribution in [-0.4, -0.2) is 31.9 Å². The van der Waals surface area contributed by atoms with Gasteiger partial charge < -0.3 is 15.4 Å². The lowest BCUT2D eigenvalue weighted by Crippen LogP contribution is -2.26. The van der Waals surface area contributed by atoms with Crippen molar-refractivity contribution in [3.63, 3.8) is 0 Å². The molecule has 0 saturated heterocycles. The maximum Gasteiger partial charge on any atom is 0.433 e. The normalized spacial score (nSPS) is 12.1. The number of aliphatic carboxylic acids is 1. The second-order valence-electron chi connectivity index (χ2n) is 9.67. The third-order valence-electron chi connectivity index (χ3n) is 6.11. The average molecular weight is 511 g/mol. The minimum Gasteiger partial charge on any atom is -0.481 e. The Kier molecular flexibility index (Phi) is 6.53. The van der Waals surface area contributed by atoms with Gasteiger partial charge in [0.15, 0.2) is 0 Å². The number of fused-ring (bicyclic) bond motifs is 1. The van der Waals surface area contributed by atoms with E-state index in [9.17, 15) is 27.9 Å². The maximum absolute atomic E-state index is 12.7. The highest BCUT2D eigenvalue weighted by Gasteiger charge is 2.32. The van der Waals surface area contributed by atoms with Gasteiger partial charge in [0, 0.05) is 11.1 Å². The first kappa shape index (κ1) is 25.9. The molecule has 0 unspecified atom stereocenters. The van der Waals surface area contributed by atoms with Gasteiger partial charge in [-0.1, -0.05) is 12.1 Å². The Labute approximate surface area is 210 Å². The molecule has 2 heterocycles. The van der Waals surface area contributed by atoms with Gasteiger partial charge in [0.1, 0.15) is 11.5 Å². The predicted octanol–water partition coefficient (Wildman–Crippen LogP) is 6.17. The van der Waals surface area contributed by atoms with Gasteiger partial charge in [-0.05, 0) is 81.1 Å². The fourth-order valence-electron chi connectivity index (χ4n) is 4.22. The molecule has 3 N–H and O–H groups in total. The Morgan fingerprint density at radius 3 is 2.27 bits per heavy atom. The molecule has 0 aliphatic rings. The van der Waals surface area contributed by atoms with Crippen LogP contribution in [0.2, 0.25) is 0 Å². The summed E-state index contributed by atoms with van der Waals surface area (Å²) < 4.78 is 38.1. The zero-order chi connectivity index (χ0) is 27.1. The molecule has 2 aromatic heterocycles. The molecule has 0 saturated carbocycles. The number of benzene rings is 2. The number of carbonyl (C=O) groups excluding carboxylic acids is 1. The first-order valence-electron chi connectivity index (χ1n) is 11.4. The highest BCUT2D eigenvalue weighted by atomic mass is 19.4. The fourth-order valence-corrected chi connectivity index (χ4v) is 4.22. The summed E-state index contributed by atoms with van der Waals surface area (Å²) in [5.41, 5.74) is 3.40. The Morgan fingerprint density at radius 1 is 1.03 bits per heavy atom. The van der Waals surface area contributed by atoms with Gasteiger partial charge in [-0.2, -0.15) is 13.2 Å². The number of aromatic amines is 1. The van der Waals surface area contributed by atoms with Crippen molar-refractivity contribution in [2.24, 2.45) is 5.41 Å². The van der Waals surface area contributed by atoms with Gasteiger partial charge >= 0.3 is 12.1 Å². The van der Waals surface area contributed by atoms with E-state index in [4.69, 9.17) is 0 Å². The zero-order valence-corrected chi connectivity index (χ0v) is 20.6. The van der Waals surface area contributed by atoms with Crippen LogP contribution in [0.5, 0.6) is 0 Å². The van der Waals surface area contributed by atoms with E-state index >= 15 is 0 Å². The van der Waals surface area contributed by atoms with Crippen molar-refractivity contribution in [2.45, 2.75) is 40.3 Å². The number of carboxylic acid groups (broad SMARTS) is 1. The van der Waals surface area contributed by atoms with Crippen LogP contribution < -0.4 is 5.32 Å². The Balaban J connectivity index is 1.58. The highest BCUT2D eigenvalue weighted by Crippen LogP contribution is 2.31. The SMILES string of the molecule is Cc1cc(CC(C)(C)C(=O)O)cc(C)c1-c1nc2cc(C(=O)Nc3ccc(C(F)(F)F)nc3)ccc2[nH]1. The number of rotatable bonds is 6. The van der Waals surface area contributed by atoms with E-state index in [-0.39, 0.29) is 11.3 Å². The number of hydrogen-bond donors (Lipinski definition) is 3. The molecule has 192 valence electrons. The molecule has 0 spiro atoms. The number of amides is 1. The number of anilines is 1. The smallest absolute Gasteiger partial charge is 0.433 e. The van der Waals surface area contributed by atoms with Gasteiger partial charge in [0.2, 0.25) is 0 Å². The van der Waals surface area contributed by atoms with Crippen LogP contribution >= 0.6 is 0 Å². The number of alkyl halides is 3. The number of nitrogens with zero attached hydrogens (tertiary/aromatic N) is 2. The molecular weight excluding hydrogens is 485 g/mol. The first-order chi connectivity index (χ1) is 17.2. The second-order valence-corrected chi connectivity index (χ2v) is 9.67. The molecule has 4 aromatic rings.